The lowest BCUT2D eigenvalue weighted by atomic mass is 9.91. The SMILES string of the molecule is COc1nc(-c2cccc(-c3cccc4c3CC[C@@H]4Cc3nc(OC)c(CN4CC(C)(O)C4)nc3C(F)(F)F)c2Cl)ccc1CN1CC[C@@H](C(=O)O)C1. The smallest absolute Gasteiger partial charge is 0.435 e. The maximum Gasteiger partial charge on any atom is 0.435 e. The summed E-state index contributed by atoms with van der Waals surface area (Å²) in [4.78, 5) is 28.5. The topological polar surface area (TPSA) is 121 Å². The number of nitrogens with zero attached hydrogens (tertiary/aromatic N) is 5. The number of fused-ring (bicyclic) bond motifs is 1. The van der Waals surface area contributed by atoms with Gasteiger partial charge in [0.2, 0.25) is 11.8 Å². The number of likely N-dealkylation sites (tertiary alicyclic amines) is 2. The Kier molecular flexibility index (Phi) is 10.1. The largest absolute Gasteiger partial charge is 0.481 e. The highest BCUT2D eigenvalue weighted by Crippen LogP contribution is 2.45. The number of aromatic nitrogens is 3. The van der Waals surface area contributed by atoms with Gasteiger partial charge in [0.25, 0.3) is 0 Å². The van der Waals surface area contributed by atoms with Gasteiger partial charge >= 0.3 is 12.1 Å². The van der Waals surface area contributed by atoms with Gasteiger partial charge in [0, 0.05) is 49.4 Å². The number of ether oxygens (including phenoxy) is 2. The van der Waals surface area contributed by atoms with Crippen molar-refractivity contribution in [3.63, 3.8) is 0 Å². The molecule has 0 spiro atoms. The molecule has 0 amide bonds. The molecule has 4 heterocycles. The molecule has 2 fully saturated rings. The minimum atomic E-state index is -4.71. The molecule has 1 aliphatic carbocycles. The number of aliphatic hydroxyl groups is 1. The third-order valence-corrected chi connectivity index (χ3v) is 10.9. The van der Waals surface area contributed by atoms with Crippen LogP contribution in [0.3, 0.4) is 0 Å². The molecule has 0 radical (unpaired) electrons. The quantitative estimate of drug-likeness (QED) is 0.173. The Hall–Kier alpha value is -4.30. The van der Waals surface area contributed by atoms with E-state index in [4.69, 9.17) is 26.1 Å². The highest BCUT2D eigenvalue weighted by molar-refractivity contribution is 6.36. The number of carbonyl (C=O) groups is 1. The Bertz CT molecular complexity index is 2040. The molecular formula is C39H41ClF3N5O5. The summed E-state index contributed by atoms with van der Waals surface area (Å²) in [5, 5.41) is 20.0. The van der Waals surface area contributed by atoms with Crippen molar-refractivity contribution in [2.45, 2.75) is 63.4 Å². The number of hydrogen-bond donors (Lipinski definition) is 2. The Morgan fingerprint density at radius 1 is 0.925 bits per heavy atom. The number of carboxylic acids is 1. The molecular weight excluding hydrogens is 711 g/mol. The zero-order valence-electron chi connectivity index (χ0n) is 29.7. The number of hydrogen-bond acceptors (Lipinski definition) is 9. The lowest BCUT2D eigenvalue weighted by molar-refractivity contribution is -0.143. The highest BCUT2D eigenvalue weighted by Gasteiger charge is 2.41. The Labute approximate surface area is 310 Å². The van der Waals surface area contributed by atoms with E-state index in [9.17, 15) is 28.2 Å². The van der Waals surface area contributed by atoms with E-state index in [1.807, 2.05) is 48.5 Å². The summed E-state index contributed by atoms with van der Waals surface area (Å²) in [6.07, 6.45) is -2.81. The van der Waals surface area contributed by atoms with Crippen LogP contribution < -0.4 is 9.47 Å². The summed E-state index contributed by atoms with van der Waals surface area (Å²) in [5.74, 6) is -0.912. The van der Waals surface area contributed by atoms with Gasteiger partial charge in [-0.1, -0.05) is 54.1 Å². The van der Waals surface area contributed by atoms with Gasteiger partial charge in [0.15, 0.2) is 5.69 Å². The Morgan fingerprint density at radius 3 is 2.32 bits per heavy atom. The molecule has 280 valence electrons. The lowest BCUT2D eigenvalue weighted by Crippen LogP contribution is -2.59. The molecule has 2 aliphatic heterocycles. The van der Waals surface area contributed by atoms with Crippen LogP contribution in [0.2, 0.25) is 5.02 Å². The number of benzene rings is 2. The average Bonchev–Trinajstić information content (AvgIpc) is 3.75. The van der Waals surface area contributed by atoms with Crippen LogP contribution in [-0.4, -0.2) is 86.9 Å². The molecule has 10 nitrogen and oxygen atoms in total. The van der Waals surface area contributed by atoms with Crippen LogP contribution >= 0.6 is 11.6 Å². The third kappa shape index (κ3) is 7.57. The number of carboxylic acid groups (broad SMARTS) is 1. The summed E-state index contributed by atoms with van der Waals surface area (Å²) in [7, 11) is 2.92. The van der Waals surface area contributed by atoms with Crippen LogP contribution in [0.5, 0.6) is 11.8 Å². The van der Waals surface area contributed by atoms with Gasteiger partial charge in [-0.05, 0) is 67.8 Å². The molecule has 0 unspecified atom stereocenters. The van der Waals surface area contributed by atoms with Gasteiger partial charge in [-0.3, -0.25) is 14.6 Å². The Balaban J connectivity index is 1.15. The average molecular weight is 752 g/mol. The van der Waals surface area contributed by atoms with Crippen LogP contribution in [0.1, 0.15) is 59.5 Å². The minimum Gasteiger partial charge on any atom is -0.481 e. The van der Waals surface area contributed by atoms with E-state index >= 15 is 0 Å². The van der Waals surface area contributed by atoms with E-state index in [1.54, 1.807) is 18.9 Å². The number of halogens is 4. The highest BCUT2D eigenvalue weighted by atomic mass is 35.5. The zero-order chi connectivity index (χ0) is 37.7. The molecule has 0 bridgehead atoms. The molecule has 53 heavy (non-hydrogen) atoms. The van der Waals surface area contributed by atoms with Gasteiger partial charge in [-0.25, -0.2) is 15.0 Å². The first kappa shape index (κ1) is 37.0. The first-order valence-corrected chi connectivity index (χ1v) is 18.0. The second-order valence-corrected chi connectivity index (χ2v) is 14.9. The number of aliphatic carboxylic acids is 1. The van der Waals surface area contributed by atoms with Crippen molar-refractivity contribution in [1.29, 1.82) is 0 Å². The van der Waals surface area contributed by atoms with Crippen molar-refractivity contribution in [3.05, 3.63) is 87.3 Å². The van der Waals surface area contributed by atoms with Gasteiger partial charge in [0.05, 0.1) is 42.1 Å². The maximum absolute atomic E-state index is 14.5. The molecule has 2 aromatic carbocycles. The molecule has 14 heteroatoms. The molecule has 7 rings (SSSR count). The van der Waals surface area contributed by atoms with Crippen LogP contribution in [0.15, 0.2) is 48.5 Å². The Morgan fingerprint density at radius 2 is 1.64 bits per heavy atom. The van der Waals surface area contributed by atoms with Gasteiger partial charge in [-0.2, -0.15) is 13.2 Å². The van der Waals surface area contributed by atoms with Crippen LogP contribution in [0.25, 0.3) is 22.4 Å². The standard InChI is InChI=1S/C39H41ClF3N5O5/c1-38(51)20-48(21-38)19-32-36(53-3)46-31(34(44-32)39(41,42)43)16-22-10-12-27-25(22)6-4-7-26(27)28-8-5-9-29(33(28)40)30-13-11-23(35(45-30)52-2)17-47-15-14-24(18-47)37(49)50/h4-9,11,13,22,24,51H,10,12,14-21H2,1-3H3,(H,49,50)/t22-,24-/m1/s1. The predicted octanol–water partition coefficient (Wildman–Crippen LogP) is 6.64. The fourth-order valence-electron chi connectivity index (χ4n) is 8.07. The number of β-amino-alcohol motifs (C(OH)–C–C–N with tert-alkyl or cyclic N) is 1. The summed E-state index contributed by atoms with van der Waals surface area (Å²) in [6.45, 7) is 4.08. The number of alkyl halides is 3. The van der Waals surface area contributed by atoms with Gasteiger partial charge in [-0.15, -0.1) is 0 Å². The molecule has 2 aromatic heterocycles. The molecule has 0 saturated carbocycles. The number of methoxy groups -OCH3 is 2. The van der Waals surface area contributed by atoms with Crippen molar-refractivity contribution in [1.82, 2.24) is 24.8 Å². The predicted molar refractivity (Wildman–Crippen MR) is 192 cm³/mol. The first-order chi connectivity index (χ1) is 25.2. The summed E-state index contributed by atoms with van der Waals surface area (Å²) < 4.78 is 54.4. The normalized spacial score (nSPS) is 19.9. The number of pyridine rings is 1. The molecule has 4 aromatic rings. The maximum atomic E-state index is 14.5. The van der Waals surface area contributed by atoms with E-state index in [1.165, 1.54) is 7.11 Å². The van der Waals surface area contributed by atoms with Crippen molar-refractivity contribution in [2.75, 3.05) is 40.4 Å². The minimum absolute atomic E-state index is 0.0333. The molecule has 2 N–H and O–H groups in total. The third-order valence-electron chi connectivity index (χ3n) is 10.5. The van der Waals surface area contributed by atoms with Gasteiger partial charge in [0.1, 0.15) is 5.69 Å². The van der Waals surface area contributed by atoms with E-state index in [-0.39, 0.29) is 42.1 Å². The van der Waals surface area contributed by atoms with Crippen molar-refractivity contribution < 1.29 is 37.7 Å². The summed E-state index contributed by atoms with van der Waals surface area (Å²) in [6, 6.07) is 15.4. The van der Waals surface area contributed by atoms with Crippen LogP contribution in [-0.2, 0) is 36.9 Å². The van der Waals surface area contributed by atoms with Crippen molar-refractivity contribution in [3.8, 4) is 34.1 Å². The zero-order valence-corrected chi connectivity index (χ0v) is 30.5. The second-order valence-electron chi connectivity index (χ2n) is 14.5. The second kappa shape index (κ2) is 14.5. The first-order valence-electron chi connectivity index (χ1n) is 17.6. The summed E-state index contributed by atoms with van der Waals surface area (Å²) in [5.41, 5.74) is 3.86. The van der Waals surface area contributed by atoms with E-state index in [0.717, 1.165) is 27.8 Å². The van der Waals surface area contributed by atoms with Gasteiger partial charge < -0.3 is 19.7 Å². The molecule has 3 aliphatic rings. The number of rotatable bonds is 11. The molecule has 2 atom stereocenters. The van der Waals surface area contributed by atoms with Crippen molar-refractivity contribution >= 4 is 17.6 Å². The van der Waals surface area contributed by atoms with Crippen LogP contribution in [0.4, 0.5) is 13.2 Å². The monoisotopic (exact) mass is 751 g/mol. The molecule has 2 saturated heterocycles. The summed E-state index contributed by atoms with van der Waals surface area (Å²) >= 11 is 7.13. The van der Waals surface area contributed by atoms with Crippen molar-refractivity contribution in [2.24, 2.45) is 5.92 Å². The fourth-order valence-corrected chi connectivity index (χ4v) is 8.40. The van der Waals surface area contributed by atoms with E-state index in [2.05, 4.69) is 14.9 Å². The van der Waals surface area contributed by atoms with E-state index in [0.29, 0.717) is 74.1 Å². The fraction of sp³-hybridized carbons (Fsp3) is 0.436. The van der Waals surface area contributed by atoms with Crippen LogP contribution in [0, 0.1) is 5.92 Å². The lowest BCUT2D eigenvalue weighted by Gasteiger charge is -2.44. The van der Waals surface area contributed by atoms with E-state index < -0.39 is 23.4 Å².